The first-order valence-electron chi connectivity index (χ1n) is 5.76. The van der Waals surface area contributed by atoms with Crippen molar-refractivity contribution in [1.29, 1.82) is 5.26 Å². The van der Waals surface area contributed by atoms with Gasteiger partial charge in [0, 0.05) is 10.1 Å². The number of aliphatic imine (C=N–C) groups is 1. The number of guanidine groups is 1. The Hall–Kier alpha value is -2.48. The predicted molar refractivity (Wildman–Crippen MR) is 81.6 cm³/mol. The van der Waals surface area contributed by atoms with E-state index < -0.39 is 22.0 Å². The van der Waals surface area contributed by atoms with Gasteiger partial charge in [-0.25, -0.2) is 5.48 Å². The number of fused-ring (bicyclic) bond motifs is 1. The van der Waals surface area contributed by atoms with Crippen LogP contribution in [-0.2, 0) is 14.4 Å². The number of nitrogens with one attached hydrogen (secondary N) is 1. The van der Waals surface area contributed by atoms with Crippen LogP contribution in [0.15, 0.2) is 29.3 Å². The van der Waals surface area contributed by atoms with Crippen LogP contribution in [0.1, 0.15) is 15.2 Å². The number of thiophene rings is 1. The minimum atomic E-state index is -3.77. The molecule has 2 rings (SSSR count). The summed E-state index contributed by atoms with van der Waals surface area (Å²) in [6, 6.07) is 8.70. The molecular weight excluding hydrogens is 328 g/mol. The molecule has 22 heavy (non-hydrogen) atoms. The summed E-state index contributed by atoms with van der Waals surface area (Å²) >= 11 is 1.15. The molecule has 0 aliphatic carbocycles. The highest BCUT2D eigenvalue weighted by molar-refractivity contribution is 7.85. The predicted octanol–water partition coefficient (Wildman–Crippen LogP) is 0.709. The number of nitrogens with zero attached hydrogens (tertiary/aromatic N) is 2. The largest absolute Gasteiger partial charge is 0.368 e. The fourth-order valence-corrected chi connectivity index (χ4v) is 2.78. The summed E-state index contributed by atoms with van der Waals surface area (Å²) in [4.78, 5) is 15.7. The van der Waals surface area contributed by atoms with Crippen LogP contribution >= 0.6 is 11.3 Å². The van der Waals surface area contributed by atoms with Crippen molar-refractivity contribution in [2.45, 2.75) is 0 Å². The molecule has 2 aromatic rings. The highest BCUT2D eigenvalue weighted by Crippen LogP contribution is 2.28. The molecule has 1 aromatic heterocycles. The van der Waals surface area contributed by atoms with Crippen molar-refractivity contribution >= 4 is 43.4 Å². The van der Waals surface area contributed by atoms with Crippen LogP contribution in [0.2, 0.25) is 0 Å². The molecule has 3 N–H and O–H groups in total. The molecule has 0 aliphatic heterocycles. The molecule has 0 radical (unpaired) electrons. The minimum Gasteiger partial charge on any atom is -0.368 e. The Balaban J connectivity index is 2.25. The first-order chi connectivity index (χ1) is 10.3. The Morgan fingerprint density at radius 2 is 2.23 bits per heavy atom. The lowest BCUT2D eigenvalue weighted by Gasteiger charge is -2.01. The van der Waals surface area contributed by atoms with E-state index >= 15 is 0 Å². The molecule has 0 spiro atoms. The number of amides is 1. The molecule has 0 bridgehead atoms. The van der Waals surface area contributed by atoms with E-state index in [1.54, 1.807) is 18.2 Å². The average molecular weight is 338 g/mol. The highest BCUT2D eigenvalue weighted by Gasteiger charge is 2.13. The zero-order valence-electron chi connectivity index (χ0n) is 11.2. The van der Waals surface area contributed by atoms with Crippen LogP contribution in [0.5, 0.6) is 0 Å². The Morgan fingerprint density at radius 3 is 2.86 bits per heavy atom. The first kappa shape index (κ1) is 15.9. The van der Waals surface area contributed by atoms with E-state index in [2.05, 4.69) is 9.28 Å². The molecular formula is C12H10N4O4S2. The van der Waals surface area contributed by atoms with Crippen molar-refractivity contribution in [3.8, 4) is 6.07 Å². The first-order valence-corrected chi connectivity index (χ1v) is 8.39. The van der Waals surface area contributed by atoms with Gasteiger partial charge in [0.05, 0.1) is 22.8 Å². The summed E-state index contributed by atoms with van der Waals surface area (Å²) < 4.78 is 26.5. The number of rotatable bonds is 3. The Morgan fingerprint density at radius 1 is 1.50 bits per heavy atom. The van der Waals surface area contributed by atoms with Gasteiger partial charge in [0.25, 0.3) is 16.0 Å². The topological polar surface area (TPSA) is 135 Å². The van der Waals surface area contributed by atoms with E-state index in [0.29, 0.717) is 10.9 Å². The molecule has 0 saturated heterocycles. The number of carbonyl (C=O) groups excluding carboxylic acids is 1. The summed E-state index contributed by atoms with van der Waals surface area (Å²) in [5, 5.41) is 9.66. The van der Waals surface area contributed by atoms with Gasteiger partial charge in [-0.1, -0.05) is 6.07 Å². The number of hydrogen-bond acceptors (Lipinski definition) is 6. The van der Waals surface area contributed by atoms with Crippen molar-refractivity contribution in [1.82, 2.24) is 5.48 Å². The molecule has 0 atom stereocenters. The summed E-state index contributed by atoms with van der Waals surface area (Å²) in [5.74, 6) is -1.17. The van der Waals surface area contributed by atoms with Gasteiger partial charge in [0.2, 0.25) is 5.96 Å². The number of nitriles is 1. The summed E-state index contributed by atoms with van der Waals surface area (Å²) in [7, 11) is -3.77. The fourth-order valence-electron chi connectivity index (χ4n) is 1.57. The van der Waals surface area contributed by atoms with Gasteiger partial charge in [-0.3, -0.25) is 4.79 Å². The molecule has 0 fully saturated rings. The van der Waals surface area contributed by atoms with E-state index in [-0.39, 0.29) is 4.88 Å². The second-order valence-electron chi connectivity index (χ2n) is 4.13. The van der Waals surface area contributed by atoms with Crippen molar-refractivity contribution in [3.63, 3.8) is 0 Å². The van der Waals surface area contributed by atoms with Crippen LogP contribution < -0.4 is 11.2 Å². The van der Waals surface area contributed by atoms with E-state index in [1.807, 2.05) is 11.5 Å². The molecule has 1 heterocycles. The number of benzene rings is 1. The van der Waals surface area contributed by atoms with Crippen LogP contribution in [0.25, 0.3) is 10.1 Å². The second-order valence-corrected chi connectivity index (χ2v) is 6.79. The van der Waals surface area contributed by atoms with Crippen LogP contribution in [0, 0.1) is 11.3 Å². The lowest BCUT2D eigenvalue weighted by Crippen LogP contribution is -2.34. The molecule has 0 unspecified atom stereocenters. The summed E-state index contributed by atoms with van der Waals surface area (Å²) in [6.45, 7) is 0. The monoisotopic (exact) mass is 338 g/mol. The van der Waals surface area contributed by atoms with Crippen LogP contribution in [-0.4, -0.2) is 26.5 Å². The van der Waals surface area contributed by atoms with Crippen molar-refractivity contribution in [2.75, 3.05) is 6.26 Å². The third-order valence-corrected chi connectivity index (χ3v) is 3.89. The molecule has 8 nitrogen and oxygen atoms in total. The van der Waals surface area contributed by atoms with E-state index in [4.69, 9.17) is 11.0 Å². The maximum atomic E-state index is 12.0. The number of hydrogen-bond donors (Lipinski definition) is 2. The normalized spacial score (nSPS) is 12.1. The van der Waals surface area contributed by atoms with Crippen LogP contribution in [0.4, 0.5) is 0 Å². The SMILES string of the molecule is CS(=O)(=O)ONC(N)=NC(=O)c1cc2c(C#N)cccc2s1. The van der Waals surface area contributed by atoms with Crippen LogP contribution in [0.3, 0.4) is 0 Å². The average Bonchev–Trinajstić information content (AvgIpc) is 2.88. The number of nitrogens with two attached hydrogens (primary N) is 1. The van der Waals surface area contributed by atoms with Gasteiger partial charge in [0.1, 0.15) is 0 Å². The lowest BCUT2D eigenvalue weighted by atomic mass is 10.1. The van der Waals surface area contributed by atoms with Crippen molar-refractivity contribution < 1.29 is 17.5 Å². The molecule has 0 saturated carbocycles. The quantitative estimate of drug-likeness (QED) is 0.478. The van der Waals surface area contributed by atoms with Crippen molar-refractivity contribution in [3.05, 3.63) is 34.7 Å². The van der Waals surface area contributed by atoms with Gasteiger partial charge in [-0.05, 0) is 18.2 Å². The van der Waals surface area contributed by atoms with Gasteiger partial charge < -0.3 is 5.73 Å². The summed E-state index contributed by atoms with van der Waals surface area (Å²) in [5.41, 5.74) is 7.65. The third kappa shape index (κ3) is 3.79. The molecule has 1 aromatic carbocycles. The van der Waals surface area contributed by atoms with Crippen molar-refractivity contribution in [2.24, 2.45) is 10.7 Å². The van der Waals surface area contributed by atoms with E-state index in [0.717, 1.165) is 22.3 Å². The maximum Gasteiger partial charge on any atom is 0.290 e. The zero-order chi connectivity index (χ0) is 16.3. The highest BCUT2D eigenvalue weighted by atomic mass is 32.2. The third-order valence-electron chi connectivity index (χ3n) is 2.41. The minimum absolute atomic E-state index is 0.266. The standard InChI is InChI=1S/C12H10N4O4S2/c1-22(18,19)20-16-12(14)15-11(17)10-5-8-7(6-13)3-2-4-9(8)21-10/h2-5H,1H3,(H3,14,15,16,17). The fraction of sp³-hybridized carbons (Fsp3) is 0.0833. The van der Waals surface area contributed by atoms with E-state index in [9.17, 15) is 13.2 Å². The van der Waals surface area contributed by atoms with Gasteiger partial charge in [-0.2, -0.15) is 18.7 Å². The van der Waals surface area contributed by atoms with Gasteiger partial charge in [0.15, 0.2) is 0 Å². The molecule has 1 amide bonds. The molecule has 114 valence electrons. The van der Waals surface area contributed by atoms with Gasteiger partial charge >= 0.3 is 0 Å². The van der Waals surface area contributed by atoms with E-state index in [1.165, 1.54) is 6.07 Å². The Kier molecular flexibility index (Phi) is 4.41. The smallest absolute Gasteiger partial charge is 0.290 e. The molecule has 0 aliphatic rings. The molecule has 10 heteroatoms. The zero-order valence-corrected chi connectivity index (χ0v) is 12.9. The second kappa shape index (κ2) is 6.10. The number of carbonyl (C=O) groups is 1. The Bertz CT molecular complexity index is 909. The lowest BCUT2D eigenvalue weighted by molar-refractivity contribution is 0.100. The maximum absolute atomic E-state index is 12.0. The summed E-state index contributed by atoms with van der Waals surface area (Å²) in [6.07, 6.45) is 0.810. The Labute approximate surface area is 129 Å². The van der Waals surface area contributed by atoms with Gasteiger partial charge in [-0.15, -0.1) is 15.6 Å². The number of hydroxylamine groups is 1.